The van der Waals surface area contributed by atoms with Gasteiger partial charge in [-0.05, 0) is 34.7 Å². The first kappa shape index (κ1) is 14.0. The van der Waals surface area contributed by atoms with Crippen molar-refractivity contribution in [3.05, 3.63) is 90.0 Å². The van der Waals surface area contributed by atoms with Crippen LogP contribution in [0, 0.1) is 0 Å². The Labute approximate surface area is 137 Å². The Morgan fingerprint density at radius 2 is 1.52 bits per heavy atom. The fourth-order valence-electron chi connectivity index (χ4n) is 3.11. The minimum absolute atomic E-state index is 0.984. The second-order valence-corrected chi connectivity index (χ2v) is 6.02. The van der Waals surface area contributed by atoms with E-state index in [1.54, 1.807) is 0 Å². The Morgan fingerprint density at radius 3 is 2.39 bits per heavy atom. The highest BCUT2D eigenvalue weighted by atomic mass is 14.8. The summed E-state index contributed by atoms with van der Waals surface area (Å²) in [5.41, 5.74) is 5.02. The van der Waals surface area contributed by atoms with Gasteiger partial charge in [0.2, 0.25) is 0 Å². The van der Waals surface area contributed by atoms with Gasteiger partial charge >= 0.3 is 0 Å². The third-order valence-corrected chi connectivity index (χ3v) is 4.40. The zero-order valence-corrected chi connectivity index (χ0v) is 13.1. The molecule has 3 aromatic carbocycles. The molecule has 0 atom stereocenters. The summed E-state index contributed by atoms with van der Waals surface area (Å²) in [4.78, 5) is 4.81. The van der Waals surface area contributed by atoms with Gasteiger partial charge in [-0.25, -0.2) is 0 Å². The molecule has 0 saturated carbocycles. The molecule has 4 rings (SSSR count). The molecule has 0 unspecified atom stereocenters. The molecule has 0 radical (unpaired) electrons. The zero-order chi connectivity index (χ0) is 15.5. The summed E-state index contributed by atoms with van der Waals surface area (Å²) in [6.45, 7) is 0. The van der Waals surface area contributed by atoms with E-state index in [0.29, 0.717) is 0 Å². The van der Waals surface area contributed by atoms with Gasteiger partial charge in [0, 0.05) is 12.1 Å². The molecule has 0 N–H and O–H groups in total. The second kappa shape index (κ2) is 6.21. The lowest BCUT2D eigenvalue weighted by Crippen LogP contribution is -1.96. The largest absolute Gasteiger partial charge is 0.257 e. The van der Waals surface area contributed by atoms with Crippen molar-refractivity contribution in [1.82, 2.24) is 0 Å². The van der Waals surface area contributed by atoms with Gasteiger partial charge in [-0.2, -0.15) is 0 Å². The maximum atomic E-state index is 4.81. The highest BCUT2D eigenvalue weighted by Gasteiger charge is 2.10. The van der Waals surface area contributed by atoms with Crippen LogP contribution in [-0.2, 0) is 6.42 Å². The molecule has 0 aliphatic carbocycles. The number of allylic oxidation sites excluding steroid dienone is 1. The summed E-state index contributed by atoms with van der Waals surface area (Å²) in [5.74, 6) is 0. The van der Waals surface area contributed by atoms with E-state index >= 15 is 0 Å². The molecule has 3 aromatic rings. The van der Waals surface area contributed by atoms with Crippen molar-refractivity contribution < 1.29 is 0 Å². The number of aliphatic imine (C=N–C) groups is 1. The van der Waals surface area contributed by atoms with E-state index in [1.807, 2.05) is 6.07 Å². The van der Waals surface area contributed by atoms with Gasteiger partial charge in [0.1, 0.15) is 0 Å². The maximum absolute atomic E-state index is 4.81. The summed E-state index contributed by atoms with van der Waals surface area (Å²) >= 11 is 0. The van der Waals surface area contributed by atoms with E-state index in [4.69, 9.17) is 4.99 Å². The quantitative estimate of drug-likeness (QED) is 0.589. The number of hydrogen-bond acceptors (Lipinski definition) is 1. The van der Waals surface area contributed by atoms with Crippen LogP contribution in [0.15, 0.2) is 83.9 Å². The van der Waals surface area contributed by atoms with Crippen LogP contribution in [0.25, 0.3) is 16.5 Å². The molecule has 1 nitrogen and oxygen atoms in total. The molecule has 1 aliphatic heterocycles. The molecule has 0 aromatic heterocycles. The Bertz CT molecular complexity index is 888. The number of aryl methyl sites for hydroxylation is 1. The molecular weight excluding hydrogens is 278 g/mol. The van der Waals surface area contributed by atoms with E-state index in [-0.39, 0.29) is 0 Å². The Kier molecular flexibility index (Phi) is 3.77. The van der Waals surface area contributed by atoms with Crippen molar-refractivity contribution in [3.63, 3.8) is 0 Å². The van der Waals surface area contributed by atoms with Crippen LogP contribution < -0.4 is 0 Å². The molecule has 0 amide bonds. The average Bonchev–Trinajstić information content (AvgIpc) is 3.10. The van der Waals surface area contributed by atoms with Crippen LogP contribution in [0.1, 0.15) is 24.0 Å². The van der Waals surface area contributed by atoms with Gasteiger partial charge in [-0.15, -0.1) is 0 Å². The number of nitrogens with zero attached hydrogens (tertiary/aromatic N) is 1. The number of hydrogen-bond donors (Lipinski definition) is 0. The molecule has 0 bridgehead atoms. The molecule has 0 saturated heterocycles. The summed E-state index contributed by atoms with van der Waals surface area (Å²) < 4.78 is 0. The van der Waals surface area contributed by atoms with E-state index < -0.39 is 0 Å². The van der Waals surface area contributed by atoms with Gasteiger partial charge in [-0.1, -0.05) is 78.9 Å². The zero-order valence-electron chi connectivity index (χ0n) is 13.1. The SMILES string of the molecule is C1=C(c2ccccc2)N=C(CCc2ccc3ccccc3c2)C1. The summed E-state index contributed by atoms with van der Waals surface area (Å²) in [7, 11) is 0. The molecule has 112 valence electrons. The van der Waals surface area contributed by atoms with Crippen LogP contribution in [0.3, 0.4) is 0 Å². The number of rotatable bonds is 4. The van der Waals surface area contributed by atoms with Crippen molar-refractivity contribution in [1.29, 1.82) is 0 Å². The Balaban J connectivity index is 1.45. The van der Waals surface area contributed by atoms with Gasteiger partial charge < -0.3 is 0 Å². The normalized spacial score (nSPS) is 13.9. The van der Waals surface area contributed by atoms with E-state index in [9.17, 15) is 0 Å². The van der Waals surface area contributed by atoms with Crippen molar-refractivity contribution >= 4 is 22.2 Å². The lowest BCUT2D eigenvalue weighted by molar-refractivity contribution is 1.03. The summed E-state index contributed by atoms with van der Waals surface area (Å²) in [5, 5.41) is 2.63. The lowest BCUT2D eigenvalue weighted by Gasteiger charge is -2.04. The minimum Gasteiger partial charge on any atom is -0.257 e. The highest BCUT2D eigenvalue weighted by molar-refractivity contribution is 5.96. The molecule has 1 heteroatoms. The number of fused-ring (bicyclic) bond motifs is 1. The van der Waals surface area contributed by atoms with Gasteiger partial charge in [0.05, 0.1) is 5.70 Å². The third kappa shape index (κ3) is 3.09. The molecule has 1 heterocycles. The fraction of sp³-hybridized carbons (Fsp3) is 0.136. The Morgan fingerprint density at radius 1 is 0.739 bits per heavy atom. The predicted octanol–water partition coefficient (Wildman–Crippen LogP) is 5.66. The van der Waals surface area contributed by atoms with Crippen molar-refractivity contribution in [2.75, 3.05) is 0 Å². The fourth-order valence-corrected chi connectivity index (χ4v) is 3.11. The van der Waals surface area contributed by atoms with Crippen molar-refractivity contribution in [2.45, 2.75) is 19.3 Å². The molecule has 0 fully saturated rings. The van der Waals surface area contributed by atoms with Crippen LogP contribution >= 0.6 is 0 Å². The molecular formula is C22H19N. The first-order chi connectivity index (χ1) is 11.4. The third-order valence-electron chi connectivity index (χ3n) is 4.40. The predicted molar refractivity (Wildman–Crippen MR) is 98.7 cm³/mol. The minimum atomic E-state index is 0.984. The lowest BCUT2D eigenvalue weighted by atomic mass is 10.0. The Hall–Kier alpha value is -2.67. The van der Waals surface area contributed by atoms with Gasteiger partial charge in [0.25, 0.3) is 0 Å². The van der Waals surface area contributed by atoms with Crippen LogP contribution in [0.5, 0.6) is 0 Å². The second-order valence-electron chi connectivity index (χ2n) is 6.02. The first-order valence-corrected chi connectivity index (χ1v) is 8.18. The smallest absolute Gasteiger partial charge is 0.0665 e. The van der Waals surface area contributed by atoms with E-state index in [0.717, 1.165) is 25.0 Å². The van der Waals surface area contributed by atoms with Crippen molar-refractivity contribution in [2.24, 2.45) is 4.99 Å². The van der Waals surface area contributed by atoms with Crippen LogP contribution in [0.2, 0.25) is 0 Å². The molecule has 23 heavy (non-hydrogen) atoms. The van der Waals surface area contributed by atoms with E-state index in [1.165, 1.54) is 27.6 Å². The van der Waals surface area contributed by atoms with Crippen molar-refractivity contribution in [3.8, 4) is 0 Å². The number of benzene rings is 3. The van der Waals surface area contributed by atoms with E-state index in [2.05, 4.69) is 72.8 Å². The molecule has 1 aliphatic rings. The maximum Gasteiger partial charge on any atom is 0.0665 e. The highest BCUT2D eigenvalue weighted by Crippen LogP contribution is 2.24. The van der Waals surface area contributed by atoms with Gasteiger partial charge in [0.15, 0.2) is 0 Å². The van der Waals surface area contributed by atoms with Crippen LogP contribution in [0.4, 0.5) is 0 Å². The summed E-state index contributed by atoms with van der Waals surface area (Å²) in [6.07, 6.45) is 5.31. The molecule has 0 spiro atoms. The first-order valence-electron chi connectivity index (χ1n) is 8.18. The van der Waals surface area contributed by atoms with Gasteiger partial charge in [-0.3, -0.25) is 4.99 Å². The standard InChI is InChI=1S/C22H19N/c1-2-7-19(8-3-1)22-15-14-21(23-22)13-11-17-10-12-18-6-4-5-9-20(18)16-17/h1-10,12,15-16H,11,13-14H2. The topological polar surface area (TPSA) is 12.4 Å². The average molecular weight is 297 g/mol. The van der Waals surface area contributed by atoms with Crippen LogP contribution in [-0.4, -0.2) is 5.71 Å². The monoisotopic (exact) mass is 297 g/mol. The summed E-state index contributed by atoms with van der Waals surface area (Å²) in [6, 6.07) is 25.7.